The molecule has 0 radical (unpaired) electrons. The number of thiophene rings is 1. The first-order valence-electron chi connectivity index (χ1n) is 7.22. The lowest BCUT2D eigenvalue weighted by Gasteiger charge is -2.30. The molecule has 5 heteroatoms. The number of hydrogen-bond acceptors (Lipinski definition) is 4. The molecular formula is C16H20N2O2S. The quantitative estimate of drug-likeness (QED) is 0.928. The number of benzene rings is 1. The predicted molar refractivity (Wildman–Crippen MR) is 86.2 cm³/mol. The molecule has 4 nitrogen and oxygen atoms in total. The van der Waals surface area contributed by atoms with E-state index in [-0.39, 0.29) is 11.9 Å². The molecule has 1 aromatic heterocycles. The van der Waals surface area contributed by atoms with Gasteiger partial charge in [0.1, 0.15) is 5.75 Å². The lowest BCUT2D eigenvalue weighted by atomic mass is 10.1. The van der Waals surface area contributed by atoms with Crippen molar-refractivity contribution in [3.8, 4) is 5.75 Å². The first-order chi connectivity index (χ1) is 10.1. The van der Waals surface area contributed by atoms with Gasteiger partial charge in [-0.05, 0) is 48.9 Å². The van der Waals surface area contributed by atoms with E-state index in [1.807, 2.05) is 30.0 Å². The minimum absolute atomic E-state index is 0.109. The summed E-state index contributed by atoms with van der Waals surface area (Å²) in [6, 6.07) is 6.06. The van der Waals surface area contributed by atoms with Gasteiger partial charge >= 0.3 is 0 Å². The molecule has 1 fully saturated rings. The first-order valence-corrected chi connectivity index (χ1v) is 8.04. The van der Waals surface area contributed by atoms with Gasteiger partial charge in [-0.15, -0.1) is 11.3 Å². The van der Waals surface area contributed by atoms with Crippen molar-refractivity contribution in [2.24, 2.45) is 5.73 Å². The van der Waals surface area contributed by atoms with Gasteiger partial charge in [-0.25, -0.2) is 0 Å². The number of rotatable bonds is 2. The molecule has 2 N–H and O–H groups in total. The van der Waals surface area contributed by atoms with Crippen LogP contribution < -0.4 is 10.5 Å². The molecule has 1 unspecified atom stereocenters. The average molecular weight is 304 g/mol. The van der Waals surface area contributed by atoms with Crippen LogP contribution in [-0.4, -0.2) is 37.0 Å². The van der Waals surface area contributed by atoms with E-state index < -0.39 is 0 Å². The van der Waals surface area contributed by atoms with Crippen molar-refractivity contribution in [2.45, 2.75) is 25.8 Å². The Morgan fingerprint density at radius 2 is 2.29 bits per heavy atom. The highest BCUT2D eigenvalue weighted by Crippen LogP contribution is 2.34. The van der Waals surface area contributed by atoms with Crippen LogP contribution in [0.25, 0.3) is 10.1 Å². The summed E-state index contributed by atoms with van der Waals surface area (Å²) in [7, 11) is 1.66. The van der Waals surface area contributed by atoms with Crippen molar-refractivity contribution in [1.82, 2.24) is 4.90 Å². The van der Waals surface area contributed by atoms with Crippen LogP contribution in [0.4, 0.5) is 0 Å². The zero-order valence-corrected chi connectivity index (χ0v) is 13.2. The number of fused-ring (bicyclic) bond motifs is 1. The van der Waals surface area contributed by atoms with Gasteiger partial charge < -0.3 is 15.4 Å². The van der Waals surface area contributed by atoms with Crippen molar-refractivity contribution in [3.05, 3.63) is 28.6 Å². The number of carbonyl (C=O) groups is 1. The van der Waals surface area contributed by atoms with E-state index in [4.69, 9.17) is 10.5 Å². The number of ether oxygens (including phenoxy) is 1. The lowest BCUT2D eigenvalue weighted by Crippen LogP contribution is -2.45. The fourth-order valence-electron chi connectivity index (χ4n) is 2.87. The van der Waals surface area contributed by atoms with Gasteiger partial charge in [-0.1, -0.05) is 0 Å². The molecule has 2 heterocycles. The Kier molecular flexibility index (Phi) is 3.87. The van der Waals surface area contributed by atoms with E-state index >= 15 is 0 Å². The van der Waals surface area contributed by atoms with Crippen LogP contribution in [0.15, 0.2) is 18.2 Å². The number of hydrogen-bond donors (Lipinski definition) is 1. The highest BCUT2D eigenvalue weighted by molar-refractivity contribution is 7.21. The monoisotopic (exact) mass is 304 g/mol. The Balaban J connectivity index is 1.96. The second kappa shape index (κ2) is 5.66. The minimum Gasteiger partial charge on any atom is -0.497 e. The third-order valence-electron chi connectivity index (χ3n) is 4.08. The van der Waals surface area contributed by atoms with Crippen LogP contribution in [0.1, 0.15) is 28.1 Å². The van der Waals surface area contributed by atoms with Crippen LogP contribution >= 0.6 is 11.3 Å². The van der Waals surface area contributed by atoms with Crippen molar-refractivity contribution in [3.63, 3.8) is 0 Å². The van der Waals surface area contributed by atoms with E-state index in [1.54, 1.807) is 18.4 Å². The summed E-state index contributed by atoms with van der Waals surface area (Å²) in [4.78, 5) is 15.5. The maximum atomic E-state index is 12.7. The number of likely N-dealkylation sites (tertiary alicyclic amines) is 1. The molecule has 1 aromatic carbocycles. The van der Waals surface area contributed by atoms with Crippen molar-refractivity contribution >= 4 is 27.3 Å². The topological polar surface area (TPSA) is 55.6 Å². The summed E-state index contributed by atoms with van der Waals surface area (Å²) in [5.41, 5.74) is 7.02. The smallest absolute Gasteiger partial charge is 0.264 e. The molecule has 1 aliphatic rings. The lowest BCUT2D eigenvalue weighted by molar-refractivity contribution is 0.0713. The highest BCUT2D eigenvalue weighted by Gasteiger charge is 2.25. The molecule has 0 aliphatic carbocycles. The number of aryl methyl sites for hydroxylation is 1. The predicted octanol–water partition coefficient (Wildman–Crippen LogP) is 2.78. The molecule has 0 spiro atoms. The van der Waals surface area contributed by atoms with E-state index in [0.717, 1.165) is 45.7 Å². The van der Waals surface area contributed by atoms with Crippen LogP contribution in [0.3, 0.4) is 0 Å². The number of nitrogens with zero attached hydrogens (tertiary/aromatic N) is 1. The molecule has 2 aromatic rings. The summed E-state index contributed by atoms with van der Waals surface area (Å²) < 4.78 is 6.39. The van der Waals surface area contributed by atoms with Crippen molar-refractivity contribution in [2.75, 3.05) is 20.2 Å². The largest absolute Gasteiger partial charge is 0.497 e. The van der Waals surface area contributed by atoms with Gasteiger partial charge in [0, 0.05) is 23.8 Å². The summed E-state index contributed by atoms with van der Waals surface area (Å²) in [6.45, 7) is 3.48. The van der Waals surface area contributed by atoms with E-state index in [9.17, 15) is 4.79 Å². The van der Waals surface area contributed by atoms with Gasteiger partial charge in [0.2, 0.25) is 0 Å². The Morgan fingerprint density at radius 1 is 1.48 bits per heavy atom. The zero-order chi connectivity index (χ0) is 15.0. The third kappa shape index (κ3) is 2.63. The maximum absolute atomic E-state index is 12.7. The number of piperidine rings is 1. The number of amides is 1. The summed E-state index contributed by atoms with van der Waals surface area (Å²) in [5, 5.41) is 1.10. The van der Waals surface area contributed by atoms with Crippen molar-refractivity contribution < 1.29 is 9.53 Å². The number of carbonyl (C=O) groups excluding carboxylic acids is 1. The van der Waals surface area contributed by atoms with Gasteiger partial charge in [-0.2, -0.15) is 0 Å². The van der Waals surface area contributed by atoms with Crippen molar-refractivity contribution in [1.29, 1.82) is 0 Å². The van der Waals surface area contributed by atoms with E-state index in [2.05, 4.69) is 0 Å². The normalized spacial score (nSPS) is 19.0. The molecule has 21 heavy (non-hydrogen) atoms. The molecular weight excluding hydrogens is 284 g/mol. The van der Waals surface area contributed by atoms with Crippen LogP contribution in [0.5, 0.6) is 5.75 Å². The van der Waals surface area contributed by atoms with E-state index in [1.165, 1.54) is 0 Å². The SMILES string of the molecule is COc1ccc2sc(C(=O)N3CCCC(N)C3)c(C)c2c1. The Bertz CT molecular complexity index is 680. The highest BCUT2D eigenvalue weighted by atomic mass is 32.1. The van der Waals surface area contributed by atoms with Crippen LogP contribution in [-0.2, 0) is 0 Å². The summed E-state index contributed by atoms with van der Waals surface area (Å²) in [6.07, 6.45) is 2.00. The van der Waals surface area contributed by atoms with Gasteiger partial charge in [0.05, 0.1) is 12.0 Å². The molecule has 1 atom stereocenters. The molecule has 3 rings (SSSR count). The average Bonchev–Trinajstić information content (AvgIpc) is 2.83. The molecule has 1 saturated heterocycles. The summed E-state index contributed by atoms with van der Waals surface area (Å²) >= 11 is 1.56. The Morgan fingerprint density at radius 3 is 3.00 bits per heavy atom. The van der Waals surface area contributed by atoms with Gasteiger partial charge in [0.15, 0.2) is 0 Å². The van der Waals surface area contributed by atoms with Crippen LogP contribution in [0, 0.1) is 6.92 Å². The Labute approximate surface area is 128 Å². The standard InChI is InChI=1S/C16H20N2O2S/c1-10-13-8-12(20-2)5-6-14(13)21-15(10)16(19)18-7-3-4-11(17)9-18/h5-6,8,11H,3-4,7,9,17H2,1-2H3. The molecule has 1 aliphatic heterocycles. The maximum Gasteiger partial charge on any atom is 0.264 e. The molecule has 0 saturated carbocycles. The number of nitrogens with two attached hydrogens (primary N) is 1. The third-order valence-corrected chi connectivity index (χ3v) is 5.34. The minimum atomic E-state index is 0.109. The fourth-order valence-corrected chi connectivity index (χ4v) is 4.03. The molecule has 0 bridgehead atoms. The Hall–Kier alpha value is -1.59. The van der Waals surface area contributed by atoms with E-state index in [0.29, 0.717) is 6.54 Å². The zero-order valence-electron chi connectivity index (χ0n) is 12.4. The fraction of sp³-hybridized carbons (Fsp3) is 0.438. The first kappa shape index (κ1) is 14.4. The second-order valence-corrected chi connectivity index (χ2v) is 6.62. The van der Waals surface area contributed by atoms with Gasteiger partial charge in [-0.3, -0.25) is 4.79 Å². The van der Waals surface area contributed by atoms with Crippen LogP contribution in [0.2, 0.25) is 0 Å². The molecule has 1 amide bonds. The van der Waals surface area contributed by atoms with Gasteiger partial charge in [0.25, 0.3) is 5.91 Å². The molecule has 112 valence electrons. The summed E-state index contributed by atoms with van der Waals surface area (Å²) in [5.74, 6) is 0.935. The second-order valence-electron chi connectivity index (χ2n) is 5.57. The number of methoxy groups -OCH3 is 1.